The van der Waals surface area contributed by atoms with Gasteiger partial charge in [-0.2, -0.15) is 0 Å². The second-order valence-electron chi connectivity index (χ2n) is 4.90. The van der Waals surface area contributed by atoms with Crippen LogP contribution in [0.4, 0.5) is 0 Å². The average Bonchev–Trinajstić information content (AvgIpc) is 2.81. The van der Waals surface area contributed by atoms with E-state index in [2.05, 4.69) is 11.1 Å². The number of aromatic nitrogens is 1. The molecule has 3 rings (SSSR count). The molecular formula is C14H17NO2S. The summed E-state index contributed by atoms with van der Waals surface area (Å²) in [4.78, 5) is 17.3. The molecule has 2 aromatic heterocycles. The predicted octanol–water partition coefficient (Wildman–Crippen LogP) is 3.75. The Labute approximate surface area is 110 Å². The maximum Gasteiger partial charge on any atom is 0.354 e. The monoisotopic (exact) mass is 263 g/mol. The van der Waals surface area contributed by atoms with Crippen LogP contribution in [0.2, 0.25) is 0 Å². The van der Waals surface area contributed by atoms with Gasteiger partial charge in [0.1, 0.15) is 10.5 Å². The summed E-state index contributed by atoms with van der Waals surface area (Å²) in [6.45, 7) is 2.23. The zero-order valence-electron chi connectivity index (χ0n) is 10.5. The topological polar surface area (TPSA) is 42.1 Å². The highest BCUT2D eigenvalue weighted by molar-refractivity contribution is 7.18. The van der Waals surface area contributed by atoms with Crippen LogP contribution in [-0.4, -0.2) is 17.6 Å². The minimum absolute atomic E-state index is 0.263. The van der Waals surface area contributed by atoms with E-state index in [0.717, 1.165) is 16.1 Å². The number of rotatable bonds is 4. The highest BCUT2D eigenvalue weighted by atomic mass is 32.1. The van der Waals surface area contributed by atoms with Crippen LogP contribution < -0.4 is 0 Å². The van der Waals surface area contributed by atoms with Gasteiger partial charge in [0.2, 0.25) is 0 Å². The van der Waals surface area contributed by atoms with Gasteiger partial charge in [0.25, 0.3) is 0 Å². The quantitative estimate of drug-likeness (QED) is 0.854. The minimum Gasteiger partial charge on any atom is -0.461 e. The summed E-state index contributed by atoms with van der Waals surface area (Å²) in [7, 11) is 0. The Bertz CT molecular complexity index is 534. The first kappa shape index (κ1) is 11.8. The summed E-state index contributed by atoms with van der Waals surface area (Å²) in [5, 5.41) is 1.14. The summed E-state index contributed by atoms with van der Waals surface area (Å²) in [5.41, 5.74) is 0.563. The van der Waals surface area contributed by atoms with Gasteiger partial charge < -0.3 is 9.72 Å². The smallest absolute Gasteiger partial charge is 0.354 e. The van der Waals surface area contributed by atoms with Crippen LogP contribution in [0.3, 0.4) is 0 Å². The highest BCUT2D eigenvalue weighted by Crippen LogP contribution is 2.34. The van der Waals surface area contributed by atoms with Gasteiger partial charge in [-0.15, -0.1) is 11.3 Å². The van der Waals surface area contributed by atoms with E-state index in [1.807, 2.05) is 13.0 Å². The fraction of sp³-hybridized carbons (Fsp3) is 0.500. The number of hydrogen-bond acceptors (Lipinski definition) is 3. The number of H-pyrrole nitrogens is 1. The Morgan fingerprint density at radius 2 is 2.33 bits per heavy atom. The van der Waals surface area contributed by atoms with Crippen molar-refractivity contribution < 1.29 is 9.53 Å². The van der Waals surface area contributed by atoms with E-state index < -0.39 is 0 Å². The van der Waals surface area contributed by atoms with Gasteiger partial charge in [0.05, 0.1) is 6.61 Å². The van der Waals surface area contributed by atoms with Crippen LogP contribution in [0, 0.1) is 5.92 Å². The molecule has 1 N–H and O–H groups in total. The van der Waals surface area contributed by atoms with E-state index in [-0.39, 0.29) is 5.97 Å². The summed E-state index contributed by atoms with van der Waals surface area (Å²) in [5.74, 6) is 0.624. The van der Waals surface area contributed by atoms with Crippen molar-refractivity contribution in [2.75, 3.05) is 6.61 Å². The van der Waals surface area contributed by atoms with Crippen molar-refractivity contribution in [3.05, 3.63) is 22.7 Å². The molecule has 2 heterocycles. The minimum atomic E-state index is -0.263. The molecule has 0 atom stereocenters. The third-order valence-corrected chi connectivity index (χ3v) is 4.66. The molecule has 0 radical (unpaired) electrons. The first-order valence-electron chi connectivity index (χ1n) is 6.55. The summed E-state index contributed by atoms with van der Waals surface area (Å²) < 4.78 is 4.98. The third-order valence-electron chi connectivity index (χ3n) is 3.57. The number of carbonyl (C=O) groups excluding carboxylic acids is 1. The molecule has 1 aliphatic carbocycles. The van der Waals surface area contributed by atoms with Crippen molar-refractivity contribution in [2.24, 2.45) is 5.92 Å². The molecule has 2 aromatic rings. The van der Waals surface area contributed by atoms with Gasteiger partial charge in [-0.3, -0.25) is 0 Å². The lowest BCUT2D eigenvalue weighted by molar-refractivity contribution is 0.0520. The van der Waals surface area contributed by atoms with Crippen LogP contribution in [0.1, 0.15) is 41.6 Å². The Hall–Kier alpha value is -1.29. The normalized spacial score (nSPS) is 15.8. The van der Waals surface area contributed by atoms with Gasteiger partial charge in [-0.25, -0.2) is 4.79 Å². The maximum absolute atomic E-state index is 11.6. The van der Waals surface area contributed by atoms with Crippen molar-refractivity contribution >= 4 is 27.5 Å². The largest absolute Gasteiger partial charge is 0.461 e. The van der Waals surface area contributed by atoms with E-state index in [1.54, 1.807) is 11.3 Å². The van der Waals surface area contributed by atoms with Crippen LogP contribution >= 0.6 is 11.3 Å². The summed E-state index contributed by atoms with van der Waals surface area (Å²) >= 11 is 1.77. The first-order valence-corrected chi connectivity index (χ1v) is 7.36. The van der Waals surface area contributed by atoms with Crippen molar-refractivity contribution in [1.82, 2.24) is 4.98 Å². The van der Waals surface area contributed by atoms with Gasteiger partial charge in [0.15, 0.2) is 0 Å². The summed E-state index contributed by atoms with van der Waals surface area (Å²) in [6.07, 6.45) is 5.34. The lowest BCUT2D eigenvalue weighted by Crippen LogP contribution is -2.12. The standard InChI is InChI=1S/C14H17NO2S/c1-2-17-14(16)12-8-10-7-11(18-13(10)15-12)6-9-4-3-5-9/h7-9,15H,2-6H2,1H3. The molecule has 4 heteroatoms. The van der Waals surface area contributed by atoms with E-state index in [4.69, 9.17) is 4.74 Å². The molecule has 0 aliphatic heterocycles. The Balaban J connectivity index is 1.77. The fourth-order valence-corrected chi connectivity index (χ4v) is 3.54. The molecule has 18 heavy (non-hydrogen) atoms. The molecule has 0 spiro atoms. The van der Waals surface area contributed by atoms with E-state index in [0.29, 0.717) is 12.3 Å². The SMILES string of the molecule is CCOC(=O)c1cc2cc(CC3CCC3)sc2[nH]1. The number of fused-ring (bicyclic) bond motifs is 1. The molecule has 0 aromatic carbocycles. The van der Waals surface area contributed by atoms with Crippen LogP contribution in [0.5, 0.6) is 0 Å². The zero-order chi connectivity index (χ0) is 12.5. The molecule has 96 valence electrons. The zero-order valence-corrected chi connectivity index (χ0v) is 11.3. The molecule has 1 fully saturated rings. The molecule has 0 unspecified atom stereocenters. The van der Waals surface area contributed by atoms with Crippen molar-refractivity contribution in [3.8, 4) is 0 Å². The van der Waals surface area contributed by atoms with E-state index in [1.165, 1.54) is 30.6 Å². The number of esters is 1. The second-order valence-corrected chi connectivity index (χ2v) is 6.04. The highest BCUT2D eigenvalue weighted by Gasteiger charge is 2.19. The van der Waals surface area contributed by atoms with Crippen LogP contribution in [0.15, 0.2) is 12.1 Å². The number of thiophene rings is 1. The second kappa shape index (κ2) is 4.76. The molecule has 1 aliphatic rings. The molecular weight excluding hydrogens is 246 g/mol. The molecule has 3 nitrogen and oxygen atoms in total. The van der Waals surface area contributed by atoms with Gasteiger partial charge >= 0.3 is 5.97 Å². The van der Waals surface area contributed by atoms with Crippen molar-refractivity contribution in [1.29, 1.82) is 0 Å². The van der Waals surface area contributed by atoms with Crippen LogP contribution in [-0.2, 0) is 11.2 Å². The summed E-state index contributed by atoms with van der Waals surface area (Å²) in [6, 6.07) is 4.10. The lowest BCUT2D eigenvalue weighted by atomic mass is 9.83. The van der Waals surface area contributed by atoms with Gasteiger partial charge in [-0.05, 0) is 31.4 Å². The average molecular weight is 263 g/mol. The molecule has 0 bridgehead atoms. The van der Waals surface area contributed by atoms with E-state index >= 15 is 0 Å². The number of nitrogens with one attached hydrogen (secondary N) is 1. The Morgan fingerprint density at radius 1 is 1.50 bits per heavy atom. The van der Waals surface area contributed by atoms with Crippen molar-refractivity contribution in [3.63, 3.8) is 0 Å². The Morgan fingerprint density at radius 3 is 2.94 bits per heavy atom. The number of hydrogen-bond donors (Lipinski definition) is 1. The van der Waals surface area contributed by atoms with Gasteiger partial charge in [0, 0.05) is 10.3 Å². The van der Waals surface area contributed by atoms with Gasteiger partial charge in [-0.1, -0.05) is 19.3 Å². The maximum atomic E-state index is 11.6. The lowest BCUT2D eigenvalue weighted by Gasteiger charge is -2.24. The first-order chi connectivity index (χ1) is 8.76. The number of carbonyl (C=O) groups is 1. The van der Waals surface area contributed by atoms with E-state index in [9.17, 15) is 4.79 Å². The molecule has 0 amide bonds. The molecule has 0 saturated heterocycles. The number of ether oxygens (including phenoxy) is 1. The molecule has 1 saturated carbocycles. The predicted molar refractivity (Wildman–Crippen MR) is 73.2 cm³/mol. The van der Waals surface area contributed by atoms with Crippen molar-refractivity contribution in [2.45, 2.75) is 32.6 Å². The third kappa shape index (κ3) is 2.17. The Kier molecular flexibility index (Phi) is 3.12. The number of aromatic amines is 1. The van der Waals surface area contributed by atoms with Crippen LogP contribution in [0.25, 0.3) is 10.2 Å². The fourth-order valence-electron chi connectivity index (χ4n) is 2.38.